The first-order valence-corrected chi connectivity index (χ1v) is 12.9. The van der Waals surface area contributed by atoms with Gasteiger partial charge in [-0.25, -0.2) is 9.98 Å². The van der Waals surface area contributed by atoms with E-state index in [1.165, 1.54) is 23.7 Å². The lowest BCUT2D eigenvalue weighted by Crippen LogP contribution is -2.53. The molecule has 1 aromatic heterocycles. The predicted molar refractivity (Wildman–Crippen MR) is 152 cm³/mol. The Balaban J connectivity index is 0.00000235. The van der Waals surface area contributed by atoms with Crippen molar-refractivity contribution in [2.45, 2.75) is 33.2 Å². The zero-order valence-corrected chi connectivity index (χ0v) is 22.9. The molecule has 0 bridgehead atoms. The maximum absolute atomic E-state index is 13.1. The third kappa shape index (κ3) is 6.24. The van der Waals surface area contributed by atoms with Gasteiger partial charge in [0.15, 0.2) is 17.6 Å². The van der Waals surface area contributed by atoms with E-state index in [2.05, 4.69) is 34.5 Å². The summed E-state index contributed by atoms with van der Waals surface area (Å²) in [5.41, 5.74) is 6.80. The van der Waals surface area contributed by atoms with E-state index in [4.69, 9.17) is 15.5 Å². The van der Waals surface area contributed by atoms with Crippen molar-refractivity contribution in [3.05, 3.63) is 65.4 Å². The highest BCUT2D eigenvalue weighted by Gasteiger charge is 2.55. The Morgan fingerprint density at radius 3 is 2.78 bits per heavy atom. The van der Waals surface area contributed by atoms with Crippen LogP contribution in [0, 0.1) is 23.2 Å². The van der Waals surface area contributed by atoms with Gasteiger partial charge in [-0.05, 0) is 42.5 Å². The smallest absolute Gasteiger partial charge is 0.234 e. The van der Waals surface area contributed by atoms with Crippen LogP contribution >= 0.6 is 11.3 Å². The van der Waals surface area contributed by atoms with Crippen LogP contribution in [-0.2, 0) is 15.1 Å². The van der Waals surface area contributed by atoms with Crippen molar-refractivity contribution in [1.82, 2.24) is 10.2 Å². The zero-order valence-electron chi connectivity index (χ0n) is 22.1. The maximum atomic E-state index is 13.1. The second kappa shape index (κ2) is 13.4. The Labute approximate surface area is 223 Å². The summed E-state index contributed by atoms with van der Waals surface area (Å²) in [7, 11) is 1.57. The first kappa shape index (κ1) is 29.3. The predicted octanol–water partition coefficient (Wildman–Crippen LogP) is 4.20. The summed E-state index contributed by atoms with van der Waals surface area (Å²) in [5.74, 6) is 0.203. The van der Waals surface area contributed by atoms with Crippen LogP contribution in [0.4, 0.5) is 0 Å². The molecule has 0 spiro atoms. The van der Waals surface area contributed by atoms with E-state index in [0.29, 0.717) is 24.7 Å². The molecule has 3 rings (SSSR count). The van der Waals surface area contributed by atoms with Crippen LogP contribution in [0.1, 0.15) is 38.1 Å². The van der Waals surface area contributed by atoms with Crippen LogP contribution in [-0.4, -0.2) is 49.0 Å². The van der Waals surface area contributed by atoms with Crippen LogP contribution in [0.15, 0.2) is 69.9 Å². The van der Waals surface area contributed by atoms with Gasteiger partial charge in [0.05, 0.1) is 31.6 Å². The number of nitrogens with zero attached hydrogens (tertiary/aromatic N) is 5. The molecule has 0 aromatic carbocycles. The summed E-state index contributed by atoms with van der Waals surface area (Å²) >= 11 is 1.48. The molecule has 37 heavy (non-hydrogen) atoms. The number of nitrogens with two attached hydrogens (primary N) is 1. The van der Waals surface area contributed by atoms with Crippen molar-refractivity contribution >= 4 is 40.8 Å². The highest BCUT2D eigenvalue weighted by molar-refractivity contribution is 7.10. The lowest BCUT2D eigenvalue weighted by Gasteiger charge is -2.33. The number of nitrogens with one attached hydrogen (secondary N) is 1. The molecule has 1 aromatic rings. The van der Waals surface area contributed by atoms with Crippen molar-refractivity contribution in [1.29, 1.82) is 5.26 Å². The van der Waals surface area contributed by atoms with Crippen molar-refractivity contribution in [3.8, 4) is 6.07 Å². The number of amidine groups is 1. The van der Waals surface area contributed by atoms with Crippen LogP contribution in [0.3, 0.4) is 0 Å². The van der Waals surface area contributed by atoms with Gasteiger partial charge >= 0.3 is 0 Å². The number of aliphatic imine (C=N–C) groups is 3. The van der Waals surface area contributed by atoms with E-state index in [9.17, 15) is 10.1 Å². The van der Waals surface area contributed by atoms with Crippen LogP contribution < -0.4 is 11.1 Å². The maximum Gasteiger partial charge on any atom is 0.234 e. The number of guanidine groups is 1. The molecule has 196 valence electrons. The number of thiophene rings is 1. The Morgan fingerprint density at radius 1 is 1.46 bits per heavy atom. The number of likely N-dealkylation sites (tertiary alicyclic amines) is 1. The average molecular weight is 522 g/mol. The average Bonchev–Trinajstić information content (AvgIpc) is 3.54. The lowest BCUT2D eigenvalue weighted by atomic mass is 9.84. The summed E-state index contributed by atoms with van der Waals surface area (Å²) in [6.07, 6.45) is 8.20. The molecule has 2 aliphatic heterocycles. The van der Waals surface area contributed by atoms with Crippen LogP contribution in [0.25, 0.3) is 5.57 Å². The minimum Gasteiger partial charge on any atom is -0.493 e. The molecular formula is C27H35N7O2S. The molecule has 3 heterocycles. The van der Waals surface area contributed by atoms with E-state index in [1.54, 1.807) is 13.3 Å². The van der Waals surface area contributed by atoms with E-state index in [-0.39, 0.29) is 17.8 Å². The van der Waals surface area contributed by atoms with Crippen molar-refractivity contribution < 1.29 is 9.53 Å². The van der Waals surface area contributed by atoms with Gasteiger partial charge < -0.3 is 15.4 Å². The summed E-state index contributed by atoms with van der Waals surface area (Å²) in [4.78, 5) is 29.3. The van der Waals surface area contributed by atoms with Gasteiger partial charge in [0, 0.05) is 30.0 Å². The van der Waals surface area contributed by atoms with E-state index in [0.717, 1.165) is 16.0 Å². The van der Waals surface area contributed by atoms with Gasteiger partial charge in [-0.1, -0.05) is 33.1 Å². The fourth-order valence-electron chi connectivity index (χ4n) is 4.27. The molecule has 0 radical (unpaired) electrons. The van der Waals surface area contributed by atoms with Crippen LogP contribution in [0.5, 0.6) is 0 Å². The second-order valence-electron chi connectivity index (χ2n) is 8.04. The number of allylic oxidation sites excluding steroid dienone is 3. The molecule has 1 amide bonds. The molecule has 3 unspecified atom stereocenters. The number of hydrogen-bond donors (Lipinski definition) is 2. The summed E-state index contributed by atoms with van der Waals surface area (Å²) in [6.45, 7) is 15.8. The van der Waals surface area contributed by atoms with Crippen LogP contribution in [0.2, 0.25) is 0 Å². The number of fused-ring (bicyclic) bond motifs is 1. The standard InChI is InChI=1S/C25H29N7O2S.C2H6/c1-6-20(34-5)22(29-8-3)32-13-19-23(33)30-24(27)31-25(19,15-32)21-10-18(14-35-21)17(12-28-7-2)9-16(4)11-26;1-2/h6-10,12,14,16,19H,2-3,13,15H2,1,4-5H3,(H3,27,30,31,33);1-2H3/b17-9+,20-6+,28-12?,29-22?;. The number of nitriles is 1. The number of ether oxygens (including phenoxy) is 1. The largest absolute Gasteiger partial charge is 0.493 e. The highest BCUT2D eigenvalue weighted by Crippen LogP contribution is 2.46. The van der Waals surface area contributed by atoms with Crippen molar-refractivity contribution in [3.63, 3.8) is 0 Å². The fourth-order valence-corrected chi connectivity index (χ4v) is 5.38. The molecule has 1 saturated heterocycles. The zero-order chi connectivity index (χ0) is 27.6. The minimum absolute atomic E-state index is 0.0744. The molecule has 3 N–H and O–H groups in total. The SMILES string of the molecule is C=CN=C/C(=C\C(C)C#N)c1csc(C23CN(C(=NC=C)/C(=C\C)OC)CC2C(=O)NC(N)=N3)c1.CC. The number of methoxy groups -OCH3 is 1. The number of amides is 1. The molecular weight excluding hydrogens is 486 g/mol. The molecule has 9 nitrogen and oxygen atoms in total. The third-order valence-corrected chi connectivity index (χ3v) is 6.92. The van der Waals surface area contributed by atoms with Crippen molar-refractivity contribution in [2.75, 3.05) is 20.2 Å². The summed E-state index contributed by atoms with van der Waals surface area (Å²) in [5, 5.41) is 13.9. The lowest BCUT2D eigenvalue weighted by molar-refractivity contribution is -0.125. The quantitative estimate of drug-likeness (QED) is 0.301. The topological polar surface area (TPSA) is 128 Å². The highest BCUT2D eigenvalue weighted by atomic mass is 32.1. The Bertz CT molecular complexity index is 1200. The fraction of sp³-hybridized carbons (Fsp3) is 0.370. The summed E-state index contributed by atoms with van der Waals surface area (Å²) in [6, 6.07) is 4.20. The number of carbonyl (C=O) groups excluding carboxylic acids is 1. The molecule has 0 aliphatic carbocycles. The normalized spacial score (nSPS) is 22.8. The molecule has 1 fully saturated rings. The Kier molecular flexibility index (Phi) is 10.6. The first-order valence-electron chi connectivity index (χ1n) is 12.0. The van der Waals surface area contributed by atoms with E-state index < -0.39 is 11.5 Å². The third-order valence-electron chi connectivity index (χ3n) is 5.83. The van der Waals surface area contributed by atoms with Gasteiger partial charge in [-0.3, -0.25) is 15.1 Å². The Hall–Kier alpha value is -3.97. The van der Waals surface area contributed by atoms with E-state index >= 15 is 0 Å². The molecule has 3 atom stereocenters. The molecule has 0 saturated carbocycles. The van der Waals surface area contributed by atoms with Crippen molar-refractivity contribution in [2.24, 2.45) is 32.5 Å². The number of rotatable bonds is 8. The first-order chi connectivity index (χ1) is 17.8. The minimum atomic E-state index is -0.911. The molecule has 10 heteroatoms. The van der Waals surface area contributed by atoms with Gasteiger partial charge in [-0.15, -0.1) is 11.3 Å². The second-order valence-corrected chi connectivity index (χ2v) is 8.95. The van der Waals surface area contributed by atoms with Gasteiger partial charge in [0.25, 0.3) is 0 Å². The van der Waals surface area contributed by atoms with Gasteiger partial charge in [0.1, 0.15) is 5.54 Å². The van der Waals surface area contributed by atoms with E-state index in [1.807, 2.05) is 56.2 Å². The number of hydrogen-bond acceptors (Lipinski definition) is 8. The Morgan fingerprint density at radius 2 is 2.19 bits per heavy atom. The monoisotopic (exact) mass is 521 g/mol. The van der Waals surface area contributed by atoms with Gasteiger partial charge in [0.2, 0.25) is 5.91 Å². The summed E-state index contributed by atoms with van der Waals surface area (Å²) < 4.78 is 5.51. The number of carbonyl (C=O) groups is 1. The molecule has 2 aliphatic rings. The van der Waals surface area contributed by atoms with Gasteiger partial charge in [-0.2, -0.15) is 5.26 Å².